The topological polar surface area (TPSA) is 32.6 Å². The Kier molecular flexibility index (Phi) is 7.60. The number of hydrogen-bond acceptors (Lipinski definition) is 3. The highest BCUT2D eigenvalue weighted by Gasteiger charge is 2.23. The minimum Gasteiger partial charge on any atom is -0.387 e. The molecular formula is C20H26ClNOS. The first-order valence-electron chi connectivity index (χ1n) is 8.48. The fourth-order valence-corrected chi connectivity index (χ4v) is 4.40. The maximum Gasteiger partial charge on any atom is 0.0921 e. The lowest BCUT2D eigenvalue weighted by Gasteiger charge is -2.24. The fourth-order valence-electron chi connectivity index (χ4n) is 2.99. The summed E-state index contributed by atoms with van der Waals surface area (Å²) in [6, 6.07) is 0. The Labute approximate surface area is 154 Å². The number of nitrogens with zero attached hydrogens (tertiary/aromatic N) is 1. The van der Waals surface area contributed by atoms with Crippen molar-refractivity contribution in [2.24, 2.45) is 4.99 Å². The molecule has 0 spiro atoms. The second kappa shape index (κ2) is 9.45. The zero-order valence-corrected chi connectivity index (χ0v) is 15.9. The number of aliphatic hydroxyl groups excluding tert-OH is 1. The molecular weight excluding hydrogens is 338 g/mol. The number of aliphatic hydroxyl groups is 1. The summed E-state index contributed by atoms with van der Waals surface area (Å²) in [6.45, 7) is 9.95. The lowest BCUT2D eigenvalue weighted by molar-refractivity contribution is 0.215. The van der Waals surface area contributed by atoms with Gasteiger partial charge in [0, 0.05) is 16.5 Å². The van der Waals surface area contributed by atoms with Gasteiger partial charge in [0.1, 0.15) is 0 Å². The second-order valence-corrected chi connectivity index (χ2v) is 7.56. The van der Waals surface area contributed by atoms with E-state index in [0.29, 0.717) is 0 Å². The Morgan fingerprint density at radius 2 is 2.12 bits per heavy atom. The van der Waals surface area contributed by atoms with Gasteiger partial charge in [-0.05, 0) is 61.2 Å². The molecule has 130 valence electrons. The first-order valence-corrected chi connectivity index (χ1v) is 10.0. The average Bonchev–Trinajstić information content (AvgIpc) is 2.60. The monoisotopic (exact) mass is 363 g/mol. The summed E-state index contributed by atoms with van der Waals surface area (Å²) in [5.74, 6) is 1.92. The van der Waals surface area contributed by atoms with E-state index in [1.54, 1.807) is 6.08 Å². The molecule has 0 aromatic rings. The van der Waals surface area contributed by atoms with Crippen molar-refractivity contribution in [3.05, 3.63) is 58.8 Å². The predicted molar refractivity (Wildman–Crippen MR) is 108 cm³/mol. The lowest BCUT2D eigenvalue weighted by atomic mass is 9.94. The van der Waals surface area contributed by atoms with Gasteiger partial charge in [0.2, 0.25) is 0 Å². The molecule has 0 amide bonds. The summed E-state index contributed by atoms with van der Waals surface area (Å²) >= 11 is 8.39. The van der Waals surface area contributed by atoms with Crippen molar-refractivity contribution in [2.75, 3.05) is 11.5 Å². The zero-order chi connectivity index (χ0) is 17.5. The van der Waals surface area contributed by atoms with Crippen molar-refractivity contribution in [2.45, 2.75) is 45.1 Å². The quantitative estimate of drug-likeness (QED) is 0.663. The zero-order valence-electron chi connectivity index (χ0n) is 14.4. The van der Waals surface area contributed by atoms with E-state index in [1.807, 2.05) is 30.8 Å². The molecule has 1 saturated carbocycles. The summed E-state index contributed by atoms with van der Waals surface area (Å²) < 4.78 is 0. The van der Waals surface area contributed by atoms with Gasteiger partial charge in [-0.3, -0.25) is 4.99 Å². The van der Waals surface area contributed by atoms with Crippen molar-refractivity contribution < 1.29 is 5.11 Å². The highest BCUT2D eigenvalue weighted by Crippen LogP contribution is 2.36. The Morgan fingerprint density at radius 3 is 2.79 bits per heavy atom. The van der Waals surface area contributed by atoms with E-state index >= 15 is 0 Å². The highest BCUT2D eigenvalue weighted by molar-refractivity contribution is 7.99. The molecule has 2 aliphatic rings. The molecule has 0 aromatic carbocycles. The van der Waals surface area contributed by atoms with E-state index in [9.17, 15) is 5.11 Å². The predicted octanol–water partition coefficient (Wildman–Crippen LogP) is 5.56. The first kappa shape index (κ1) is 19.3. The van der Waals surface area contributed by atoms with Crippen LogP contribution >= 0.6 is 23.4 Å². The molecule has 2 rings (SSSR count). The molecule has 0 aromatic heterocycles. The molecule has 1 heterocycles. The largest absolute Gasteiger partial charge is 0.387 e. The first-order chi connectivity index (χ1) is 11.6. The van der Waals surface area contributed by atoms with Crippen LogP contribution in [0.5, 0.6) is 0 Å². The fraction of sp³-hybridized carbons (Fsp3) is 0.450. The van der Waals surface area contributed by atoms with Crippen LogP contribution in [0.25, 0.3) is 0 Å². The van der Waals surface area contributed by atoms with E-state index in [4.69, 9.17) is 16.6 Å². The number of aliphatic imine (C=N–C) groups is 1. The van der Waals surface area contributed by atoms with Crippen LogP contribution in [0.1, 0.15) is 39.0 Å². The van der Waals surface area contributed by atoms with E-state index in [-0.39, 0.29) is 0 Å². The average molecular weight is 364 g/mol. The molecule has 2 fully saturated rings. The third-order valence-corrected chi connectivity index (χ3v) is 5.69. The summed E-state index contributed by atoms with van der Waals surface area (Å²) in [4.78, 5) is 4.85. The highest BCUT2D eigenvalue weighted by atomic mass is 35.5. The van der Waals surface area contributed by atoms with Crippen LogP contribution < -0.4 is 0 Å². The molecule has 0 bridgehead atoms. The lowest BCUT2D eigenvalue weighted by Crippen LogP contribution is -2.24. The van der Waals surface area contributed by atoms with Crippen LogP contribution in [0.2, 0.25) is 0 Å². The van der Waals surface area contributed by atoms with Gasteiger partial charge >= 0.3 is 0 Å². The summed E-state index contributed by atoms with van der Waals surface area (Å²) in [5, 5.41) is 11.0. The molecule has 1 unspecified atom stereocenters. The summed E-state index contributed by atoms with van der Waals surface area (Å²) in [5.41, 5.74) is 4.78. The number of halogens is 1. The van der Waals surface area contributed by atoms with Crippen molar-refractivity contribution in [3.63, 3.8) is 0 Å². The molecule has 1 aliphatic heterocycles. The number of allylic oxidation sites excluding steroid dienone is 5. The molecule has 1 aliphatic carbocycles. The Morgan fingerprint density at radius 1 is 1.33 bits per heavy atom. The molecule has 1 atom stereocenters. The van der Waals surface area contributed by atoms with Crippen molar-refractivity contribution in [3.8, 4) is 0 Å². The van der Waals surface area contributed by atoms with Crippen LogP contribution in [0.4, 0.5) is 0 Å². The third kappa shape index (κ3) is 4.75. The standard InChI is InChI=1S/C20H26ClNOS/c1-4-8-17(21)16-13-24-12-11-15(16)20(14(3)5-2)22-18-9-6-7-10-19(18)23/h4-5,8,19,23H,2-3,6-7,9-13H2,1H3/b8-4+,17-16+,20-15+,22-18+. The number of thioether (sulfide) groups is 1. The minimum atomic E-state index is -0.441. The number of rotatable bonds is 4. The van der Waals surface area contributed by atoms with Gasteiger partial charge in [0.05, 0.1) is 11.8 Å². The number of hydrogen-bond donors (Lipinski definition) is 1. The normalized spacial score (nSPS) is 28.1. The molecule has 24 heavy (non-hydrogen) atoms. The summed E-state index contributed by atoms with van der Waals surface area (Å²) in [6.07, 6.45) is 9.86. The van der Waals surface area contributed by atoms with Gasteiger partial charge in [0.25, 0.3) is 0 Å². The summed E-state index contributed by atoms with van der Waals surface area (Å²) in [7, 11) is 0. The van der Waals surface area contributed by atoms with E-state index < -0.39 is 6.10 Å². The van der Waals surface area contributed by atoms with Gasteiger partial charge in [-0.1, -0.05) is 43.3 Å². The minimum absolute atomic E-state index is 0.441. The Bertz CT molecular complexity index is 628. The third-order valence-electron chi connectivity index (χ3n) is 4.35. The Hall–Kier alpha value is -1.03. The van der Waals surface area contributed by atoms with Crippen molar-refractivity contribution >= 4 is 29.1 Å². The van der Waals surface area contributed by atoms with Crippen LogP contribution in [0.3, 0.4) is 0 Å². The maximum atomic E-state index is 10.3. The van der Waals surface area contributed by atoms with Crippen molar-refractivity contribution in [1.82, 2.24) is 0 Å². The van der Waals surface area contributed by atoms with Gasteiger partial charge in [-0.15, -0.1) is 0 Å². The smallest absolute Gasteiger partial charge is 0.0921 e. The van der Waals surface area contributed by atoms with Gasteiger partial charge in [-0.2, -0.15) is 11.8 Å². The molecule has 1 N–H and O–H groups in total. The van der Waals surface area contributed by atoms with Crippen LogP contribution in [-0.4, -0.2) is 28.4 Å². The van der Waals surface area contributed by atoms with Crippen LogP contribution in [0.15, 0.2) is 63.8 Å². The maximum absolute atomic E-state index is 10.3. The second-order valence-electron chi connectivity index (χ2n) is 6.05. The Balaban J connectivity index is 2.56. The van der Waals surface area contributed by atoms with Gasteiger partial charge < -0.3 is 5.11 Å². The van der Waals surface area contributed by atoms with Gasteiger partial charge in [-0.25, -0.2) is 0 Å². The molecule has 4 heteroatoms. The van der Waals surface area contributed by atoms with Crippen LogP contribution in [0, 0.1) is 0 Å². The molecule has 1 saturated heterocycles. The molecule has 2 nitrogen and oxygen atoms in total. The van der Waals surface area contributed by atoms with Gasteiger partial charge in [0.15, 0.2) is 0 Å². The molecule has 0 radical (unpaired) electrons. The van der Waals surface area contributed by atoms with E-state index in [0.717, 1.165) is 76.8 Å². The van der Waals surface area contributed by atoms with Crippen molar-refractivity contribution in [1.29, 1.82) is 0 Å². The SMILES string of the molecule is C=CC(=C)C(/N=C1\CCCCC1O)=C1/CCSC/C1=C(Cl)/C=C/C. The van der Waals surface area contributed by atoms with E-state index in [2.05, 4.69) is 13.2 Å². The van der Waals surface area contributed by atoms with Crippen LogP contribution in [-0.2, 0) is 0 Å². The van der Waals surface area contributed by atoms with E-state index in [1.165, 1.54) is 0 Å².